The van der Waals surface area contributed by atoms with Crippen molar-refractivity contribution < 1.29 is 13.2 Å². The number of hydrogen-bond donors (Lipinski definition) is 1. The molecule has 30 heavy (non-hydrogen) atoms. The number of piperazine rings is 1. The SMILES string of the molecule is CCNC(=NCCCN1CCCCC1C)N1CCN(S(=O)(=O)CCOC(C)C)CC1. The van der Waals surface area contributed by atoms with Crippen LogP contribution in [-0.2, 0) is 14.8 Å². The van der Waals surface area contributed by atoms with Gasteiger partial charge in [-0.2, -0.15) is 4.31 Å². The molecule has 1 unspecified atom stereocenters. The molecule has 1 atom stereocenters. The van der Waals surface area contributed by atoms with E-state index in [0.717, 1.165) is 32.0 Å². The zero-order valence-corrected chi connectivity index (χ0v) is 20.3. The molecule has 0 aromatic heterocycles. The number of sulfonamides is 1. The summed E-state index contributed by atoms with van der Waals surface area (Å²) in [5, 5.41) is 3.37. The summed E-state index contributed by atoms with van der Waals surface area (Å²) in [5.74, 6) is 0.957. The summed E-state index contributed by atoms with van der Waals surface area (Å²) < 4.78 is 32.1. The van der Waals surface area contributed by atoms with Crippen LogP contribution in [-0.4, -0.2) is 105 Å². The first-order valence-electron chi connectivity index (χ1n) is 11.7. The Morgan fingerprint density at radius 1 is 1.17 bits per heavy atom. The number of rotatable bonds is 10. The molecule has 2 fully saturated rings. The molecule has 2 rings (SSSR count). The molecule has 0 aliphatic carbocycles. The summed E-state index contributed by atoms with van der Waals surface area (Å²) in [5.41, 5.74) is 0. The first-order chi connectivity index (χ1) is 14.3. The van der Waals surface area contributed by atoms with Crippen LogP contribution >= 0.6 is 0 Å². The molecule has 0 bridgehead atoms. The lowest BCUT2D eigenvalue weighted by Gasteiger charge is -2.36. The summed E-state index contributed by atoms with van der Waals surface area (Å²) in [6.45, 7) is 14.7. The van der Waals surface area contributed by atoms with Gasteiger partial charge in [-0.1, -0.05) is 6.42 Å². The van der Waals surface area contributed by atoms with Crippen LogP contribution in [0.5, 0.6) is 0 Å². The van der Waals surface area contributed by atoms with Gasteiger partial charge in [-0.15, -0.1) is 0 Å². The summed E-state index contributed by atoms with van der Waals surface area (Å²) in [4.78, 5) is 9.59. The fourth-order valence-corrected chi connectivity index (χ4v) is 5.36. The zero-order chi connectivity index (χ0) is 22.0. The van der Waals surface area contributed by atoms with Crippen LogP contribution in [0.4, 0.5) is 0 Å². The number of likely N-dealkylation sites (tertiary alicyclic amines) is 1. The minimum atomic E-state index is -3.26. The highest BCUT2D eigenvalue weighted by molar-refractivity contribution is 7.89. The van der Waals surface area contributed by atoms with Crippen LogP contribution in [0, 0.1) is 0 Å². The second-order valence-electron chi connectivity index (χ2n) is 8.59. The molecule has 2 saturated heterocycles. The lowest BCUT2D eigenvalue weighted by Crippen LogP contribution is -2.54. The van der Waals surface area contributed by atoms with E-state index >= 15 is 0 Å². The lowest BCUT2D eigenvalue weighted by atomic mass is 10.0. The maximum Gasteiger partial charge on any atom is 0.216 e. The molecule has 1 N–H and O–H groups in total. The van der Waals surface area contributed by atoms with Gasteiger partial charge in [0, 0.05) is 51.9 Å². The van der Waals surface area contributed by atoms with E-state index in [1.54, 1.807) is 4.31 Å². The van der Waals surface area contributed by atoms with Crippen LogP contribution in [0.25, 0.3) is 0 Å². The van der Waals surface area contributed by atoms with Crippen molar-refractivity contribution in [3.8, 4) is 0 Å². The maximum absolute atomic E-state index is 12.5. The van der Waals surface area contributed by atoms with Crippen LogP contribution in [0.3, 0.4) is 0 Å². The van der Waals surface area contributed by atoms with Crippen LogP contribution < -0.4 is 5.32 Å². The molecule has 2 aliphatic rings. The average molecular weight is 446 g/mol. The second-order valence-corrected chi connectivity index (χ2v) is 10.7. The summed E-state index contributed by atoms with van der Waals surface area (Å²) in [7, 11) is -3.26. The van der Waals surface area contributed by atoms with Gasteiger partial charge >= 0.3 is 0 Å². The molecule has 176 valence electrons. The fourth-order valence-electron chi connectivity index (χ4n) is 4.07. The molecule has 2 heterocycles. The highest BCUT2D eigenvalue weighted by Gasteiger charge is 2.28. The number of aliphatic imine (C=N–C) groups is 1. The third-order valence-corrected chi connectivity index (χ3v) is 7.70. The molecule has 8 nitrogen and oxygen atoms in total. The van der Waals surface area contributed by atoms with Gasteiger partial charge in [-0.25, -0.2) is 8.42 Å². The molecular weight excluding hydrogens is 402 g/mol. The van der Waals surface area contributed by atoms with Crippen LogP contribution in [0.1, 0.15) is 53.4 Å². The summed E-state index contributed by atoms with van der Waals surface area (Å²) >= 11 is 0. The summed E-state index contributed by atoms with van der Waals surface area (Å²) in [6.07, 6.45) is 5.08. The van der Waals surface area contributed by atoms with E-state index in [4.69, 9.17) is 9.73 Å². The van der Waals surface area contributed by atoms with Crippen molar-refractivity contribution in [2.75, 3.05) is 64.7 Å². The molecule has 2 aliphatic heterocycles. The van der Waals surface area contributed by atoms with Crippen molar-refractivity contribution in [1.29, 1.82) is 0 Å². The minimum absolute atomic E-state index is 0.0499. The van der Waals surface area contributed by atoms with E-state index in [1.165, 1.54) is 25.8 Å². The Labute approximate surface area is 184 Å². The van der Waals surface area contributed by atoms with E-state index in [2.05, 4.69) is 29.0 Å². The Hall–Kier alpha value is -0.900. The third kappa shape index (κ3) is 8.32. The average Bonchev–Trinajstić information content (AvgIpc) is 2.71. The molecule has 0 spiro atoms. The van der Waals surface area contributed by atoms with Crippen molar-refractivity contribution >= 4 is 16.0 Å². The molecule has 9 heteroatoms. The monoisotopic (exact) mass is 445 g/mol. The van der Waals surface area contributed by atoms with E-state index < -0.39 is 10.0 Å². The first kappa shape index (κ1) is 25.4. The van der Waals surface area contributed by atoms with Crippen molar-refractivity contribution in [1.82, 2.24) is 19.4 Å². The van der Waals surface area contributed by atoms with Crippen molar-refractivity contribution in [2.24, 2.45) is 4.99 Å². The van der Waals surface area contributed by atoms with Gasteiger partial charge in [0.25, 0.3) is 0 Å². The Bertz CT molecular complexity index is 618. The second kappa shape index (κ2) is 12.8. The zero-order valence-electron chi connectivity index (χ0n) is 19.5. The third-order valence-electron chi connectivity index (χ3n) is 5.86. The Balaban J connectivity index is 1.79. The van der Waals surface area contributed by atoms with Crippen LogP contribution in [0.2, 0.25) is 0 Å². The van der Waals surface area contributed by atoms with E-state index in [0.29, 0.717) is 32.2 Å². The van der Waals surface area contributed by atoms with Crippen molar-refractivity contribution in [3.63, 3.8) is 0 Å². The van der Waals surface area contributed by atoms with Gasteiger partial charge < -0.3 is 19.9 Å². The molecule has 0 amide bonds. The fraction of sp³-hybridized carbons (Fsp3) is 0.952. The molecule has 0 saturated carbocycles. The minimum Gasteiger partial charge on any atom is -0.378 e. The number of guanidine groups is 1. The number of ether oxygens (including phenoxy) is 1. The van der Waals surface area contributed by atoms with Crippen molar-refractivity contribution in [3.05, 3.63) is 0 Å². The van der Waals surface area contributed by atoms with Gasteiger partial charge in [-0.3, -0.25) is 4.99 Å². The smallest absolute Gasteiger partial charge is 0.216 e. The summed E-state index contributed by atoms with van der Waals surface area (Å²) in [6, 6.07) is 0.692. The standard InChI is InChI=1S/C21H43N5O3S/c1-5-22-21(23-10-8-12-24-11-7-6-9-20(24)4)25-13-15-26(16-14-25)30(27,28)18-17-29-19(2)3/h19-20H,5-18H2,1-4H3,(H,22,23). The predicted molar refractivity (Wildman–Crippen MR) is 124 cm³/mol. The first-order valence-corrected chi connectivity index (χ1v) is 13.3. The topological polar surface area (TPSA) is 77.5 Å². The van der Waals surface area contributed by atoms with Gasteiger partial charge in [0.2, 0.25) is 10.0 Å². The van der Waals surface area contributed by atoms with Gasteiger partial charge in [-0.05, 0) is 53.5 Å². The number of nitrogens with one attached hydrogen (secondary N) is 1. The highest BCUT2D eigenvalue weighted by Crippen LogP contribution is 2.16. The van der Waals surface area contributed by atoms with Gasteiger partial charge in [0.05, 0.1) is 18.5 Å². The molecule has 0 radical (unpaired) electrons. The lowest BCUT2D eigenvalue weighted by molar-refractivity contribution is 0.0904. The molecule has 0 aromatic carbocycles. The maximum atomic E-state index is 12.5. The van der Waals surface area contributed by atoms with Crippen molar-refractivity contribution in [2.45, 2.75) is 65.5 Å². The largest absolute Gasteiger partial charge is 0.378 e. The molecular formula is C21H43N5O3S. The van der Waals surface area contributed by atoms with Gasteiger partial charge in [0.1, 0.15) is 0 Å². The van der Waals surface area contributed by atoms with E-state index in [-0.39, 0.29) is 18.5 Å². The predicted octanol–water partition coefficient (Wildman–Crippen LogP) is 1.59. The van der Waals surface area contributed by atoms with E-state index in [1.807, 2.05) is 13.8 Å². The number of hydrogen-bond acceptors (Lipinski definition) is 5. The quantitative estimate of drug-likeness (QED) is 0.313. The Morgan fingerprint density at radius 3 is 2.53 bits per heavy atom. The Kier molecular flexibility index (Phi) is 10.8. The Morgan fingerprint density at radius 2 is 1.90 bits per heavy atom. The van der Waals surface area contributed by atoms with Crippen LogP contribution in [0.15, 0.2) is 4.99 Å². The van der Waals surface area contributed by atoms with Gasteiger partial charge in [0.15, 0.2) is 5.96 Å². The molecule has 0 aromatic rings. The van der Waals surface area contributed by atoms with E-state index in [9.17, 15) is 8.42 Å². The highest BCUT2D eigenvalue weighted by atomic mass is 32.2. The normalized spacial score (nSPS) is 22.6. The number of nitrogens with zero attached hydrogens (tertiary/aromatic N) is 4. The number of piperidine rings is 1.